The van der Waals surface area contributed by atoms with Crippen LogP contribution in [0.25, 0.3) is 0 Å². The fourth-order valence-corrected chi connectivity index (χ4v) is 3.74. The lowest BCUT2D eigenvalue weighted by atomic mass is 10.1. The molecule has 1 aliphatic heterocycles. The summed E-state index contributed by atoms with van der Waals surface area (Å²) < 4.78 is 16.1. The third-order valence-electron chi connectivity index (χ3n) is 5.92. The zero-order chi connectivity index (χ0) is 23.9. The summed E-state index contributed by atoms with van der Waals surface area (Å²) in [6.45, 7) is 4.84. The lowest BCUT2D eigenvalue weighted by Gasteiger charge is -2.27. The van der Waals surface area contributed by atoms with Crippen molar-refractivity contribution in [2.45, 2.75) is 52.2 Å². The van der Waals surface area contributed by atoms with Crippen LogP contribution in [0.4, 0.5) is 0 Å². The van der Waals surface area contributed by atoms with Crippen LogP contribution in [0, 0.1) is 0 Å². The van der Waals surface area contributed by atoms with Crippen LogP contribution in [0.5, 0.6) is 11.5 Å². The highest BCUT2D eigenvalue weighted by molar-refractivity contribution is 5.92. The summed E-state index contributed by atoms with van der Waals surface area (Å²) in [4.78, 5) is 27.3. The van der Waals surface area contributed by atoms with Gasteiger partial charge in [-0.25, -0.2) is 0 Å². The van der Waals surface area contributed by atoms with E-state index in [0.717, 1.165) is 17.5 Å². The molecule has 0 saturated heterocycles. The van der Waals surface area contributed by atoms with Crippen molar-refractivity contribution in [3.8, 4) is 11.5 Å². The largest absolute Gasteiger partial charge is 0.454 e. The second-order valence-electron chi connectivity index (χ2n) is 8.31. The molecule has 1 aromatic heterocycles. The maximum absolute atomic E-state index is 13.0. The molecule has 0 spiro atoms. The second-order valence-corrected chi connectivity index (χ2v) is 8.31. The van der Waals surface area contributed by atoms with E-state index < -0.39 is 0 Å². The lowest BCUT2D eigenvalue weighted by Crippen LogP contribution is -2.37. The number of carbonyl (C=O) groups excluding carboxylic acids is 2. The average Bonchev–Trinajstić information content (AvgIpc) is 3.54. The topological polar surface area (TPSA) is 93.9 Å². The molecule has 1 atom stereocenters. The second kappa shape index (κ2) is 10.9. The van der Waals surface area contributed by atoms with Gasteiger partial charge < -0.3 is 24.2 Å². The van der Waals surface area contributed by atoms with Gasteiger partial charge in [0.1, 0.15) is 0 Å². The smallest absolute Gasteiger partial charge is 0.273 e. The number of nitrogens with one attached hydrogen (secondary N) is 1. The number of hydrogen-bond acceptors (Lipinski definition) is 6. The molecule has 178 valence electrons. The Morgan fingerprint density at radius 1 is 1.06 bits per heavy atom. The summed E-state index contributed by atoms with van der Waals surface area (Å²) in [5.74, 6) is 1.53. The third-order valence-corrected chi connectivity index (χ3v) is 5.92. The van der Waals surface area contributed by atoms with Gasteiger partial charge in [0.25, 0.3) is 5.91 Å². The van der Waals surface area contributed by atoms with Gasteiger partial charge in [-0.05, 0) is 43.0 Å². The number of aryl methyl sites for hydroxylation is 1. The molecule has 0 radical (unpaired) electrons. The molecule has 4 rings (SSSR count). The van der Waals surface area contributed by atoms with Gasteiger partial charge in [-0.3, -0.25) is 9.59 Å². The van der Waals surface area contributed by atoms with Crippen molar-refractivity contribution in [2.75, 3.05) is 6.79 Å². The number of aromatic nitrogens is 1. The predicted molar refractivity (Wildman–Crippen MR) is 125 cm³/mol. The van der Waals surface area contributed by atoms with Crippen LogP contribution < -0.4 is 14.8 Å². The monoisotopic (exact) mass is 463 g/mol. The molecule has 34 heavy (non-hydrogen) atoms. The highest BCUT2D eigenvalue weighted by Gasteiger charge is 2.22. The van der Waals surface area contributed by atoms with Crippen molar-refractivity contribution in [2.24, 2.45) is 0 Å². The van der Waals surface area contributed by atoms with E-state index in [0.29, 0.717) is 36.6 Å². The van der Waals surface area contributed by atoms with Gasteiger partial charge in [0, 0.05) is 25.1 Å². The Bertz CT molecular complexity index is 1130. The van der Waals surface area contributed by atoms with Gasteiger partial charge in [0.2, 0.25) is 12.7 Å². The molecular weight excluding hydrogens is 434 g/mol. The van der Waals surface area contributed by atoms with E-state index >= 15 is 0 Å². The molecular formula is C26H29N3O5. The Morgan fingerprint density at radius 2 is 1.85 bits per heavy atom. The Hall–Kier alpha value is -3.81. The van der Waals surface area contributed by atoms with Crippen molar-refractivity contribution in [3.05, 3.63) is 77.2 Å². The van der Waals surface area contributed by atoms with E-state index in [4.69, 9.17) is 14.0 Å². The molecule has 1 N–H and O–H groups in total. The highest BCUT2D eigenvalue weighted by Crippen LogP contribution is 2.32. The Balaban J connectivity index is 1.34. The number of hydrogen-bond donors (Lipinski definition) is 1. The predicted octanol–water partition coefficient (Wildman–Crippen LogP) is 4.09. The van der Waals surface area contributed by atoms with Crippen LogP contribution in [0.3, 0.4) is 0 Å². The Kier molecular flexibility index (Phi) is 7.47. The van der Waals surface area contributed by atoms with Crippen molar-refractivity contribution in [1.29, 1.82) is 0 Å². The molecule has 0 aliphatic carbocycles. The quantitative estimate of drug-likeness (QED) is 0.487. The van der Waals surface area contributed by atoms with Crippen molar-refractivity contribution in [3.63, 3.8) is 0 Å². The first-order valence-electron chi connectivity index (χ1n) is 11.5. The van der Waals surface area contributed by atoms with Gasteiger partial charge in [-0.2, -0.15) is 0 Å². The van der Waals surface area contributed by atoms with E-state index in [1.165, 1.54) is 0 Å². The van der Waals surface area contributed by atoms with Gasteiger partial charge in [-0.1, -0.05) is 48.5 Å². The van der Waals surface area contributed by atoms with Crippen molar-refractivity contribution >= 4 is 11.8 Å². The Morgan fingerprint density at radius 3 is 2.65 bits per heavy atom. The van der Waals surface area contributed by atoms with Crippen LogP contribution in [-0.4, -0.2) is 34.7 Å². The third kappa shape index (κ3) is 5.75. The van der Waals surface area contributed by atoms with Crippen LogP contribution >= 0.6 is 0 Å². The molecule has 0 fully saturated rings. The van der Waals surface area contributed by atoms with E-state index in [1.807, 2.05) is 62.4 Å². The summed E-state index contributed by atoms with van der Waals surface area (Å²) in [6.07, 6.45) is 1.90. The molecule has 8 nitrogen and oxygen atoms in total. The first kappa shape index (κ1) is 23.4. The minimum atomic E-state index is -0.349. The number of amides is 2. The van der Waals surface area contributed by atoms with E-state index in [2.05, 4.69) is 10.5 Å². The van der Waals surface area contributed by atoms with Crippen molar-refractivity contribution in [1.82, 2.24) is 15.4 Å². The van der Waals surface area contributed by atoms with Gasteiger partial charge in [0.05, 0.1) is 6.54 Å². The van der Waals surface area contributed by atoms with Gasteiger partial charge >= 0.3 is 0 Å². The normalized spacial score (nSPS) is 12.9. The minimum absolute atomic E-state index is 0.0386. The van der Waals surface area contributed by atoms with Crippen LogP contribution in [0.1, 0.15) is 54.1 Å². The standard InChI is InChI=1S/C26H29N3O5/c1-3-18(2)29(25(30)12-10-19-7-5-4-6-8-19)16-21-14-22(28-34-21)26(31)27-15-20-9-11-23-24(13-20)33-17-32-23/h4-9,11,13-14,18H,3,10,12,15-17H2,1-2H3,(H,27,31). The molecule has 2 aromatic carbocycles. The maximum atomic E-state index is 13.0. The van der Waals surface area contributed by atoms with Crippen LogP contribution in [0.15, 0.2) is 59.1 Å². The lowest BCUT2D eigenvalue weighted by molar-refractivity contribution is -0.134. The zero-order valence-electron chi connectivity index (χ0n) is 19.5. The fourth-order valence-electron chi connectivity index (χ4n) is 3.74. The van der Waals surface area contributed by atoms with E-state index in [-0.39, 0.29) is 36.9 Å². The number of fused-ring (bicyclic) bond motifs is 1. The number of rotatable bonds is 10. The first-order chi connectivity index (χ1) is 16.5. The number of carbonyl (C=O) groups is 2. The molecule has 8 heteroatoms. The molecule has 0 saturated carbocycles. The average molecular weight is 464 g/mol. The summed E-state index contributed by atoms with van der Waals surface area (Å²) >= 11 is 0. The highest BCUT2D eigenvalue weighted by atomic mass is 16.7. The number of ether oxygens (including phenoxy) is 2. The minimum Gasteiger partial charge on any atom is -0.454 e. The van der Waals surface area contributed by atoms with Crippen molar-refractivity contribution < 1.29 is 23.6 Å². The van der Waals surface area contributed by atoms with Crippen LogP contribution in [0.2, 0.25) is 0 Å². The molecule has 1 unspecified atom stereocenters. The summed E-state index contributed by atoms with van der Waals surface area (Å²) in [6, 6.07) is 17.1. The SMILES string of the molecule is CCC(C)N(Cc1cc(C(=O)NCc2ccc3c(c2)OCO3)no1)C(=O)CCc1ccccc1. The molecule has 2 amide bonds. The Labute approximate surface area is 198 Å². The summed E-state index contributed by atoms with van der Waals surface area (Å²) in [5, 5.41) is 6.74. The van der Waals surface area contributed by atoms with Gasteiger partial charge in [0.15, 0.2) is 23.0 Å². The molecule has 3 aromatic rings. The molecule has 2 heterocycles. The van der Waals surface area contributed by atoms with E-state index in [1.54, 1.807) is 11.0 Å². The number of benzene rings is 2. The number of nitrogens with zero attached hydrogens (tertiary/aromatic N) is 2. The maximum Gasteiger partial charge on any atom is 0.273 e. The summed E-state index contributed by atoms with van der Waals surface area (Å²) in [5.41, 5.74) is 2.19. The van der Waals surface area contributed by atoms with Gasteiger partial charge in [-0.15, -0.1) is 0 Å². The first-order valence-corrected chi connectivity index (χ1v) is 11.5. The zero-order valence-corrected chi connectivity index (χ0v) is 19.5. The fraction of sp³-hybridized carbons (Fsp3) is 0.346. The molecule has 0 bridgehead atoms. The van der Waals surface area contributed by atoms with E-state index in [9.17, 15) is 9.59 Å². The summed E-state index contributed by atoms with van der Waals surface area (Å²) in [7, 11) is 0. The van der Waals surface area contributed by atoms with Crippen LogP contribution in [-0.2, 0) is 24.3 Å². The molecule has 1 aliphatic rings.